The lowest BCUT2D eigenvalue weighted by Crippen LogP contribution is -2.39. The molecule has 0 aromatic heterocycles. The smallest absolute Gasteiger partial charge is 0.309 e. The van der Waals surface area contributed by atoms with Gasteiger partial charge in [0.05, 0.1) is 31.2 Å². The first-order valence-corrected chi connectivity index (χ1v) is 8.25. The largest absolute Gasteiger partial charge is 0.481 e. The summed E-state index contributed by atoms with van der Waals surface area (Å²) in [6.07, 6.45) is 4.94. The Morgan fingerprint density at radius 3 is 2.78 bits per heavy atom. The molecule has 1 heterocycles. The Morgan fingerprint density at radius 2 is 2.17 bits per heavy atom. The Hall–Kier alpha value is -1.35. The molecule has 5 nitrogen and oxygen atoms in total. The van der Waals surface area contributed by atoms with E-state index < -0.39 is 18.2 Å². The maximum absolute atomic E-state index is 11.5. The summed E-state index contributed by atoms with van der Waals surface area (Å²) >= 11 is 0. The quantitative estimate of drug-likeness (QED) is 0.550. The molecule has 0 saturated carbocycles. The first-order chi connectivity index (χ1) is 11.1. The van der Waals surface area contributed by atoms with Crippen molar-refractivity contribution in [3.05, 3.63) is 23.6 Å². The van der Waals surface area contributed by atoms with Crippen molar-refractivity contribution in [2.45, 2.75) is 39.1 Å². The molecule has 0 aromatic carbocycles. The standard InChI is InChI=1S/C18H26O5/c1-4-7-15-16(14(11-22-15)17(19)20)18(21-3)23-10-13-9-6-5-8-12(13)2/h8-9,12-16,18H,4,7,10-11H2,1-3H3,(H,19,20). The molecule has 5 heteroatoms. The molecule has 0 bridgehead atoms. The van der Waals surface area contributed by atoms with Gasteiger partial charge < -0.3 is 19.3 Å². The summed E-state index contributed by atoms with van der Waals surface area (Å²) in [5.74, 6) is -1.21. The van der Waals surface area contributed by atoms with Crippen LogP contribution >= 0.6 is 0 Å². The summed E-state index contributed by atoms with van der Waals surface area (Å²) in [5.41, 5.74) is 5.91. The number of carboxylic acid groups (broad SMARTS) is 1. The molecule has 1 saturated heterocycles. The summed E-state index contributed by atoms with van der Waals surface area (Å²) in [5, 5.41) is 9.45. The first-order valence-electron chi connectivity index (χ1n) is 8.25. The van der Waals surface area contributed by atoms with Gasteiger partial charge >= 0.3 is 5.97 Å². The predicted octanol–water partition coefficient (Wildman–Crippen LogP) is 2.62. The molecule has 1 fully saturated rings. The van der Waals surface area contributed by atoms with Crippen LogP contribution in [0.4, 0.5) is 0 Å². The van der Waals surface area contributed by atoms with E-state index in [9.17, 15) is 9.90 Å². The number of hydrogen-bond acceptors (Lipinski definition) is 4. The predicted molar refractivity (Wildman–Crippen MR) is 84.8 cm³/mol. The number of rotatable bonds is 8. The number of methoxy groups -OCH3 is 1. The van der Waals surface area contributed by atoms with E-state index in [4.69, 9.17) is 14.2 Å². The van der Waals surface area contributed by atoms with Crippen molar-refractivity contribution in [2.75, 3.05) is 20.3 Å². The third-order valence-corrected chi connectivity index (χ3v) is 4.68. The van der Waals surface area contributed by atoms with Crippen LogP contribution in [-0.4, -0.2) is 43.8 Å². The lowest BCUT2D eigenvalue weighted by molar-refractivity contribution is -0.184. The average Bonchev–Trinajstić information content (AvgIpc) is 2.94. The van der Waals surface area contributed by atoms with E-state index in [0.717, 1.165) is 12.8 Å². The van der Waals surface area contributed by atoms with Crippen molar-refractivity contribution in [2.24, 2.45) is 23.7 Å². The minimum Gasteiger partial charge on any atom is -0.481 e. The van der Waals surface area contributed by atoms with Gasteiger partial charge in [-0.1, -0.05) is 31.7 Å². The van der Waals surface area contributed by atoms with Crippen molar-refractivity contribution in [3.8, 4) is 0 Å². The highest BCUT2D eigenvalue weighted by Crippen LogP contribution is 2.35. The lowest BCUT2D eigenvalue weighted by Gasteiger charge is -2.30. The van der Waals surface area contributed by atoms with Gasteiger partial charge in [-0.15, -0.1) is 0 Å². The van der Waals surface area contributed by atoms with Crippen LogP contribution in [-0.2, 0) is 19.0 Å². The molecule has 0 amide bonds. The SMILES string of the molecule is CCCC1OCC(C(=O)O)C1C(OC)OCC1C=C=C=CC1C. The molecule has 6 atom stereocenters. The number of aliphatic carboxylic acids is 1. The van der Waals surface area contributed by atoms with E-state index in [1.807, 2.05) is 12.2 Å². The summed E-state index contributed by atoms with van der Waals surface area (Å²) in [7, 11) is 1.56. The van der Waals surface area contributed by atoms with Gasteiger partial charge in [0.2, 0.25) is 0 Å². The zero-order valence-corrected chi connectivity index (χ0v) is 14.0. The summed E-state index contributed by atoms with van der Waals surface area (Å²) in [6.45, 7) is 4.84. The fraction of sp³-hybridized carbons (Fsp3) is 0.722. The molecule has 1 aliphatic heterocycles. The zero-order chi connectivity index (χ0) is 16.8. The van der Waals surface area contributed by atoms with E-state index in [0.29, 0.717) is 12.5 Å². The van der Waals surface area contributed by atoms with Crippen molar-refractivity contribution in [1.29, 1.82) is 0 Å². The number of hydrogen-bond donors (Lipinski definition) is 1. The maximum Gasteiger partial charge on any atom is 0.309 e. The maximum atomic E-state index is 11.5. The summed E-state index contributed by atoms with van der Waals surface area (Å²) in [4.78, 5) is 11.5. The van der Waals surface area contributed by atoms with Crippen LogP contribution < -0.4 is 0 Å². The third-order valence-electron chi connectivity index (χ3n) is 4.68. The molecular formula is C18H26O5. The minimum absolute atomic E-state index is 0.134. The Bertz CT molecular complexity index is 502. The molecular weight excluding hydrogens is 296 g/mol. The van der Waals surface area contributed by atoms with E-state index >= 15 is 0 Å². The van der Waals surface area contributed by atoms with Gasteiger partial charge in [0.15, 0.2) is 6.29 Å². The van der Waals surface area contributed by atoms with Crippen LogP contribution in [0.5, 0.6) is 0 Å². The molecule has 2 rings (SSSR count). The van der Waals surface area contributed by atoms with Crippen molar-refractivity contribution >= 4 is 5.97 Å². The molecule has 0 radical (unpaired) electrons. The van der Waals surface area contributed by atoms with Crippen LogP contribution in [0.3, 0.4) is 0 Å². The van der Waals surface area contributed by atoms with Gasteiger partial charge in [0.25, 0.3) is 0 Å². The molecule has 1 N–H and O–H groups in total. The van der Waals surface area contributed by atoms with Gasteiger partial charge in [-0.3, -0.25) is 4.79 Å². The van der Waals surface area contributed by atoms with Crippen molar-refractivity contribution in [3.63, 3.8) is 0 Å². The van der Waals surface area contributed by atoms with Crippen molar-refractivity contribution < 1.29 is 24.1 Å². The van der Waals surface area contributed by atoms with Crippen molar-refractivity contribution in [1.82, 2.24) is 0 Å². The first kappa shape index (κ1) is 18.0. The van der Waals surface area contributed by atoms with Crippen LogP contribution in [0.15, 0.2) is 23.6 Å². The highest BCUT2D eigenvalue weighted by Gasteiger charge is 2.46. The number of carboxylic acids is 1. The molecule has 1 aliphatic carbocycles. The zero-order valence-electron chi connectivity index (χ0n) is 14.0. The van der Waals surface area contributed by atoms with Gasteiger partial charge in [-0.05, 0) is 24.5 Å². The lowest BCUT2D eigenvalue weighted by atomic mass is 9.88. The van der Waals surface area contributed by atoms with E-state index in [2.05, 4.69) is 25.3 Å². The second-order valence-electron chi connectivity index (χ2n) is 6.26. The van der Waals surface area contributed by atoms with Gasteiger partial charge in [0, 0.05) is 13.0 Å². The number of carbonyl (C=O) groups is 1. The topological polar surface area (TPSA) is 65.0 Å². The minimum atomic E-state index is -0.851. The second-order valence-corrected chi connectivity index (χ2v) is 6.26. The van der Waals surface area contributed by atoms with Crippen LogP contribution in [0.25, 0.3) is 0 Å². The van der Waals surface area contributed by atoms with Crippen LogP contribution in [0, 0.1) is 23.7 Å². The number of ether oxygens (including phenoxy) is 3. The van der Waals surface area contributed by atoms with E-state index in [1.54, 1.807) is 7.11 Å². The third kappa shape index (κ3) is 4.35. The Kier molecular flexibility index (Phi) is 6.64. The molecule has 2 aliphatic rings. The van der Waals surface area contributed by atoms with Crippen LogP contribution in [0.1, 0.15) is 26.7 Å². The molecule has 0 aromatic rings. The van der Waals surface area contributed by atoms with Gasteiger partial charge in [-0.2, -0.15) is 0 Å². The second kappa shape index (κ2) is 8.49. The summed E-state index contributed by atoms with van der Waals surface area (Å²) < 4.78 is 17.1. The summed E-state index contributed by atoms with van der Waals surface area (Å²) in [6, 6.07) is 0. The van der Waals surface area contributed by atoms with E-state index in [-0.39, 0.29) is 24.5 Å². The Balaban J connectivity index is 2.04. The Morgan fingerprint density at radius 1 is 1.43 bits per heavy atom. The van der Waals surface area contributed by atoms with Gasteiger partial charge in [-0.25, -0.2) is 0 Å². The monoisotopic (exact) mass is 322 g/mol. The molecule has 6 unspecified atom stereocenters. The average molecular weight is 322 g/mol. The molecule has 0 spiro atoms. The normalized spacial score (nSPS) is 34.0. The highest BCUT2D eigenvalue weighted by molar-refractivity contribution is 5.71. The Labute approximate surface area is 137 Å². The molecule has 23 heavy (non-hydrogen) atoms. The molecule has 128 valence electrons. The van der Waals surface area contributed by atoms with Crippen LogP contribution in [0.2, 0.25) is 0 Å². The highest BCUT2D eigenvalue weighted by atomic mass is 16.7. The fourth-order valence-electron chi connectivity index (χ4n) is 3.22. The van der Waals surface area contributed by atoms with Gasteiger partial charge in [0.1, 0.15) is 0 Å². The number of allylic oxidation sites excluding steroid dienone is 1. The fourth-order valence-corrected chi connectivity index (χ4v) is 3.22. The van der Waals surface area contributed by atoms with E-state index in [1.165, 1.54) is 0 Å².